The minimum Gasteiger partial charge on any atom is -0.440 e. The van der Waals surface area contributed by atoms with E-state index in [9.17, 15) is 0 Å². The van der Waals surface area contributed by atoms with Crippen molar-refractivity contribution in [3.05, 3.63) is 85.5 Å². The smallest absolute Gasteiger partial charge is 0.351 e. The summed E-state index contributed by atoms with van der Waals surface area (Å²) >= 11 is 0. The lowest BCUT2D eigenvalue weighted by Crippen LogP contribution is -2.86. The number of hydrogen-bond acceptors (Lipinski definition) is 5. The van der Waals surface area contributed by atoms with Crippen LogP contribution in [0.4, 0.5) is 11.4 Å². The highest BCUT2D eigenvalue weighted by molar-refractivity contribution is 6.13. The quantitative estimate of drug-likeness (QED) is 0.180. The summed E-state index contributed by atoms with van der Waals surface area (Å²) in [6, 6.07) is 21.1. The van der Waals surface area contributed by atoms with E-state index in [2.05, 4.69) is 67.3 Å². The van der Waals surface area contributed by atoms with Crippen molar-refractivity contribution in [3.8, 4) is 46.1 Å². The maximum Gasteiger partial charge on any atom is 0.351 e. The molecule has 0 N–H and O–H groups in total. The fourth-order valence-corrected chi connectivity index (χ4v) is 8.26. The van der Waals surface area contributed by atoms with E-state index in [1.165, 1.54) is 0 Å². The summed E-state index contributed by atoms with van der Waals surface area (Å²) in [5, 5.41) is 4.50. The van der Waals surface area contributed by atoms with E-state index in [0.717, 1.165) is 78.1 Å². The fraction of sp³-hybridized carbons (Fsp3) is 0. The van der Waals surface area contributed by atoms with Gasteiger partial charge < -0.3 is 14.2 Å². The molecular weight excluding hydrogens is 530 g/mol. The molecule has 0 bridgehead atoms. The van der Waals surface area contributed by atoms with E-state index >= 15 is 0 Å². The number of nitrogens with zero attached hydrogens (tertiary/aromatic N) is 7. The van der Waals surface area contributed by atoms with Crippen LogP contribution < -0.4 is 28.3 Å². The minimum absolute atomic E-state index is 0.166. The molecule has 5 aliphatic rings. The second-order valence-corrected chi connectivity index (χ2v) is 11.3. The van der Waals surface area contributed by atoms with Crippen LogP contribution in [0.15, 0.2) is 85.5 Å². The van der Waals surface area contributed by atoms with Crippen LogP contribution in [0.1, 0.15) is 0 Å². The third kappa shape index (κ3) is 1.60. The van der Waals surface area contributed by atoms with Crippen molar-refractivity contribution in [2.75, 3.05) is 0 Å². The second kappa shape index (κ2) is 5.60. The summed E-state index contributed by atoms with van der Waals surface area (Å²) in [6.45, 7) is 0. The van der Waals surface area contributed by atoms with Crippen LogP contribution in [0, 0.1) is 0 Å². The first-order valence-electron chi connectivity index (χ1n) is 13.8. The van der Waals surface area contributed by atoms with Crippen LogP contribution in [0.25, 0.3) is 55.2 Å². The van der Waals surface area contributed by atoms with E-state index in [-0.39, 0.29) is 4.70 Å². The Morgan fingerprint density at radius 3 is 1.57 bits per heavy atom. The van der Waals surface area contributed by atoms with Crippen molar-refractivity contribution < 1.29 is 23.6 Å². The lowest BCUT2D eigenvalue weighted by Gasteiger charge is -2.38. The van der Waals surface area contributed by atoms with Gasteiger partial charge in [0.15, 0.2) is 34.9 Å². The third-order valence-electron chi connectivity index (χ3n) is 9.59. The summed E-state index contributed by atoms with van der Waals surface area (Å²) in [4.78, 5) is 9.62. The number of rotatable bonds is 0. The van der Waals surface area contributed by atoms with Gasteiger partial charge in [-0.2, -0.15) is 9.13 Å². The Bertz CT molecular complexity index is 2550. The molecule has 0 saturated heterocycles. The standard InChI is InChI=1S/C32H14N7O3/c1-5-15-17-7-3-11-35-31(17)37-23(15)19(9-1)41-29-25(37)27-21(13-33-29)40-22-14-34-30-26-28(22)39(27,35)36-12-4-8-18-16-6-2-10-20(42-30)24(16)38(26)32(18)36/h1-14H/q+3. The molecule has 192 valence electrons. The molecule has 10 nitrogen and oxygen atoms in total. The average molecular weight is 545 g/mol. The first kappa shape index (κ1) is 19.1. The number of para-hydroxylation sites is 2. The molecule has 0 aliphatic carbocycles. The number of quaternary nitrogens is 1. The van der Waals surface area contributed by atoms with Crippen LogP contribution in [0.2, 0.25) is 0 Å². The Labute approximate surface area is 234 Å². The predicted molar refractivity (Wildman–Crippen MR) is 150 cm³/mol. The summed E-state index contributed by atoms with van der Waals surface area (Å²) < 4.78 is 29.3. The van der Waals surface area contributed by atoms with Gasteiger partial charge in [0, 0.05) is 10.8 Å². The molecule has 10 heteroatoms. The van der Waals surface area contributed by atoms with Crippen LogP contribution in [-0.2, 0) is 0 Å². The monoisotopic (exact) mass is 544 g/mol. The molecule has 2 aromatic carbocycles. The van der Waals surface area contributed by atoms with Gasteiger partial charge >= 0.3 is 22.7 Å². The van der Waals surface area contributed by atoms with Gasteiger partial charge in [-0.05, 0) is 57.9 Å². The van der Waals surface area contributed by atoms with Crippen molar-refractivity contribution in [2.45, 2.75) is 0 Å². The molecule has 0 fully saturated rings. The molecule has 0 unspecified atom stereocenters. The Morgan fingerprint density at radius 2 is 1.05 bits per heavy atom. The highest BCUT2D eigenvalue weighted by Crippen LogP contribution is 2.63. The summed E-state index contributed by atoms with van der Waals surface area (Å²) in [7, 11) is 0. The number of fused-ring (bicyclic) bond motifs is 2. The lowest BCUT2D eigenvalue weighted by molar-refractivity contribution is -1.02. The van der Waals surface area contributed by atoms with Gasteiger partial charge in [-0.1, -0.05) is 12.1 Å². The van der Waals surface area contributed by atoms with Crippen molar-refractivity contribution >= 4 is 55.2 Å². The fourth-order valence-electron chi connectivity index (χ4n) is 8.26. The Hall–Kier alpha value is -6.00. The van der Waals surface area contributed by atoms with Gasteiger partial charge in [-0.3, -0.25) is 0 Å². The van der Waals surface area contributed by atoms with Crippen LogP contribution in [0.5, 0.6) is 34.8 Å². The maximum absolute atomic E-state index is 6.71. The Morgan fingerprint density at radius 1 is 0.548 bits per heavy atom. The molecule has 13 rings (SSSR count). The summed E-state index contributed by atoms with van der Waals surface area (Å²) in [5.41, 5.74) is 7.72. The zero-order chi connectivity index (χ0) is 26.6. The first-order valence-corrected chi connectivity index (χ1v) is 13.8. The largest absolute Gasteiger partial charge is 0.440 e. The van der Waals surface area contributed by atoms with E-state index in [1.807, 2.05) is 24.3 Å². The van der Waals surface area contributed by atoms with Gasteiger partial charge in [-0.15, -0.1) is 0 Å². The van der Waals surface area contributed by atoms with Gasteiger partial charge in [0.1, 0.15) is 0 Å². The normalized spacial score (nSPS) is 15.9. The molecule has 0 saturated carbocycles. The first-order chi connectivity index (χ1) is 20.8. The molecular formula is C32H14N7O3+3. The maximum atomic E-state index is 6.71. The number of pyridine rings is 4. The number of aromatic nitrogens is 6. The van der Waals surface area contributed by atoms with E-state index in [1.54, 1.807) is 12.4 Å². The van der Waals surface area contributed by atoms with Gasteiger partial charge in [0.05, 0.1) is 27.9 Å². The minimum atomic E-state index is 0.166. The van der Waals surface area contributed by atoms with Crippen molar-refractivity contribution in [1.29, 1.82) is 0 Å². The lowest BCUT2D eigenvalue weighted by atomic mass is 10.1. The van der Waals surface area contributed by atoms with E-state index < -0.39 is 0 Å². The predicted octanol–water partition coefficient (Wildman–Crippen LogP) is 5.76. The molecule has 11 heterocycles. The molecule has 1 spiro atoms. The molecule has 5 aliphatic heterocycles. The SMILES string of the molecule is c1cc2c3c(c1)c1ccc[n+]4c1n3-c1c(ncc3c1[N+]41c4c(cnc5c4-n4c6c(cccc6c6ccc[n+]1c64)O5)O3)O2. The molecule has 0 amide bonds. The second-order valence-electron chi connectivity index (χ2n) is 11.3. The van der Waals surface area contributed by atoms with Gasteiger partial charge in [0.25, 0.3) is 23.1 Å². The Balaban J connectivity index is 1.41. The number of ether oxygens (including phenoxy) is 3. The zero-order valence-corrected chi connectivity index (χ0v) is 21.4. The van der Waals surface area contributed by atoms with Crippen molar-refractivity contribution in [3.63, 3.8) is 0 Å². The molecule has 0 atom stereocenters. The van der Waals surface area contributed by atoms with Crippen LogP contribution in [-0.4, -0.2) is 19.1 Å². The highest BCUT2D eigenvalue weighted by Gasteiger charge is 2.69. The Kier molecular flexibility index (Phi) is 2.55. The van der Waals surface area contributed by atoms with Crippen molar-refractivity contribution in [1.82, 2.24) is 23.8 Å². The summed E-state index contributed by atoms with van der Waals surface area (Å²) in [5.74, 6) is 3.97. The average Bonchev–Trinajstić information content (AvgIpc) is 3.56. The van der Waals surface area contributed by atoms with Gasteiger partial charge in [-0.25, -0.2) is 9.97 Å². The van der Waals surface area contributed by atoms with E-state index in [0.29, 0.717) is 23.3 Å². The topological polar surface area (TPSA) is 71.1 Å². The van der Waals surface area contributed by atoms with Crippen LogP contribution in [0.3, 0.4) is 0 Å². The molecule has 6 aromatic heterocycles. The highest BCUT2D eigenvalue weighted by atomic mass is 16.5. The number of benzene rings is 2. The third-order valence-corrected chi connectivity index (χ3v) is 9.59. The molecule has 0 radical (unpaired) electrons. The molecule has 42 heavy (non-hydrogen) atoms. The number of hydrogen-bond donors (Lipinski definition) is 0. The van der Waals surface area contributed by atoms with Crippen molar-refractivity contribution in [2.24, 2.45) is 0 Å². The summed E-state index contributed by atoms with van der Waals surface area (Å²) in [6.07, 6.45) is 7.87. The zero-order valence-electron chi connectivity index (χ0n) is 21.4. The van der Waals surface area contributed by atoms with Crippen LogP contribution >= 0.6 is 0 Å². The van der Waals surface area contributed by atoms with Gasteiger partial charge in [0.2, 0.25) is 11.5 Å². The molecule has 8 aromatic rings. The van der Waals surface area contributed by atoms with E-state index in [4.69, 9.17) is 24.2 Å².